The fraction of sp³-hybridized carbons (Fsp3) is 0.846. The van der Waals surface area contributed by atoms with Gasteiger partial charge < -0.3 is 4.90 Å². The molecule has 0 aromatic rings. The number of rotatable bonds is 5. The Balaban J connectivity index is 5.13. The van der Waals surface area contributed by atoms with E-state index in [1.54, 1.807) is 11.9 Å². The average Bonchev–Trinajstić information content (AvgIpc) is 2.30. The first-order valence-electron chi connectivity index (χ1n) is 6.00. The maximum atomic E-state index is 12.4. The van der Waals surface area contributed by atoms with Crippen LogP contribution in [0.3, 0.4) is 0 Å². The normalized spacial score (nSPS) is 12.1. The van der Waals surface area contributed by atoms with E-state index >= 15 is 0 Å². The first kappa shape index (κ1) is 15.0. The highest BCUT2D eigenvalue weighted by Gasteiger charge is 2.40. The molecule has 0 aliphatic heterocycles. The third-order valence-electron chi connectivity index (χ3n) is 3.91. The van der Waals surface area contributed by atoms with E-state index in [0.29, 0.717) is 12.8 Å². The molecule has 3 heteroatoms. The fourth-order valence-electron chi connectivity index (χ4n) is 1.59. The number of carbonyl (C=O) groups is 1. The lowest BCUT2D eigenvalue weighted by atomic mass is 9.81. The molecule has 1 amide bonds. The van der Waals surface area contributed by atoms with Crippen LogP contribution in [0.1, 0.15) is 53.9 Å². The van der Waals surface area contributed by atoms with E-state index in [1.165, 1.54) is 0 Å². The van der Waals surface area contributed by atoms with Gasteiger partial charge in [-0.15, -0.1) is 0 Å². The molecule has 0 saturated carbocycles. The van der Waals surface area contributed by atoms with Crippen LogP contribution in [0.5, 0.6) is 0 Å². The lowest BCUT2D eigenvalue weighted by Gasteiger charge is -2.39. The molecule has 0 heterocycles. The van der Waals surface area contributed by atoms with E-state index in [0.717, 1.165) is 6.42 Å². The molecule has 0 aliphatic rings. The lowest BCUT2D eigenvalue weighted by molar-refractivity contribution is -0.143. The zero-order valence-corrected chi connectivity index (χ0v) is 11.4. The second kappa shape index (κ2) is 5.34. The zero-order chi connectivity index (χ0) is 13.0. The molecule has 0 fully saturated rings. The summed E-state index contributed by atoms with van der Waals surface area (Å²) in [6, 6.07) is 2.20. The third-order valence-corrected chi connectivity index (χ3v) is 3.91. The van der Waals surface area contributed by atoms with Crippen LogP contribution in [0.2, 0.25) is 0 Å². The maximum Gasteiger partial charge on any atom is 0.243 e. The van der Waals surface area contributed by atoms with Gasteiger partial charge in [0.1, 0.15) is 5.41 Å². The molecule has 0 rings (SSSR count). The van der Waals surface area contributed by atoms with Crippen LogP contribution < -0.4 is 0 Å². The minimum absolute atomic E-state index is 0.0492. The van der Waals surface area contributed by atoms with Crippen LogP contribution in [0.4, 0.5) is 0 Å². The van der Waals surface area contributed by atoms with Gasteiger partial charge in [-0.2, -0.15) is 5.26 Å². The Kier molecular flexibility index (Phi) is 4.99. The molecular weight excluding hydrogens is 200 g/mol. The zero-order valence-electron chi connectivity index (χ0n) is 11.4. The molecule has 0 aliphatic carbocycles. The molecule has 3 nitrogen and oxygen atoms in total. The summed E-state index contributed by atoms with van der Waals surface area (Å²) in [6.07, 6.45) is 2.02. The van der Waals surface area contributed by atoms with Gasteiger partial charge in [0.25, 0.3) is 0 Å². The first-order valence-corrected chi connectivity index (χ1v) is 6.00. The van der Waals surface area contributed by atoms with Crippen LogP contribution >= 0.6 is 0 Å². The number of hydrogen-bond acceptors (Lipinski definition) is 2. The van der Waals surface area contributed by atoms with Gasteiger partial charge in [0.05, 0.1) is 6.07 Å². The van der Waals surface area contributed by atoms with Crippen molar-refractivity contribution in [2.45, 2.75) is 59.4 Å². The molecular formula is C13H24N2O. The van der Waals surface area contributed by atoms with Gasteiger partial charge in [-0.1, -0.05) is 20.8 Å². The molecule has 0 aromatic heterocycles. The molecule has 0 aromatic carbocycles. The van der Waals surface area contributed by atoms with Crippen molar-refractivity contribution in [2.75, 3.05) is 7.05 Å². The molecule has 92 valence electrons. The number of hydrogen-bond donors (Lipinski definition) is 0. The minimum Gasteiger partial charge on any atom is -0.339 e. The highest BCUT2D eigenvalue weighted by atomic mass is 16.2. The SMILES string of the molecule is CCC(C#N)(CC)C(=O)N(C)C(C)(C)CC. The van der Waals surface area contributed by atoms with E-state index in [2.05, 4.69) is 13.0 Å². The smallest absolute Gasteiger partial charge is 0.243 e. The van der Waals surface area contributed by atoms with Gasteiger partial charge in [-0.25, -0.2) is 0 Å². The van der Waals surface area contributed by atoms with Gasteiger partial charge in [-0.05, 0) is 33.1 Å². The summed E-state index contributed by atoms with van der Waals surface area (Å²) in [5.41, 5.74) is -1.04. The molecule has 0 spiro atoms. The summed E-state index contributed by atoms with van der Waals surface area (Å²) in [6.45, 7) is 9.90. The number of nitrogens with zero attached hydrogens (tertiary/aromatic N) is 2. The van der Waals surface area contributed by atoms with Gasteiger partial charge in [-0.3, -0.25) is 4.79 Å². The molecule has 0 N–H and O–H groups in total. The predicted molar refractivity (Wildman–Crippen MR) is 65.8 cm³/mol. The van der Waals surface area contributed by atoms with Crippen LogP contribution in [0.25, 0.3) is 0 Å². The van der Waals surface area contributed by atoms with Crippen molar-refractivity contribution in [2.24, 2.45) is 5.41 Å². The summed E-state index contributed by atoms with van der Waals surface area (Å²) >= 11 is 0. The maximum absolute atomic E-state index is 12.4. The average molecular weight is 224 g/mol. The summed E-state index contributed by atoms with van der Waals surface area (Å²) < 4.78 is 0. The van der Waals surface area contributed by atoms with E-state index in [1.807, 2.05) is 27.7 Å². The molecule has 0 saturated heterocycles. The summed E-state index contributed by atoms with van der Waals surface area (Å²) in [7, 11) is 1.79. The highest BCUT2D eigenvalue weighted by Crippen LogP contribution is 2.31. The first-order chi connectivity index (χ1) is 7.31. The van der Waals surface area contributed by atoms with Crippen LogP contribution in [-0.4, -0.2) is 23.4 Å². The van der Waals surface area contributed by atoms with E-state index < -0.39 is 5.41 Å². The quantitative estimate of drug-likeness (QED) is 0.720. The Morgan fingerprint density at radius 2 is 1.62 bits per heavy atom. The van der Waals surface area contributed by atoms with Crippen molar-refractivity contribution in [3.8, 4) is 6.07 Å². The van der Waals surface area contributed by atoms with E-state index in [-0.39, 0.29) is 11.4 Å². The topological polar surface area (TPSA) is 44.1 Å². The van der Waals surface area contributed by atoms with Gasteiger partial charge in [0.15, 0.2) is 0 Å². The molecule has 0 bridgehead atoms. The summed E-state index contributed by atoms with van der Waals surface area (Å²) in [5, 5.41) is 9.24. The number of nitriles is 1. The Bertz CT molecular complexity index is 285. The monoisotopic (exact) mass is 224 g/mol. The second-order valence-electron chi connectivity index (χ2n) is 4.93. The molecule has 0 radical (unpaired) electrons. The van der Waals surface area contributed by atoms with Gasteiger partial charge in [0, 0.05) is 12.6 Å². The van der Waals surface area contributed by atoms with Crippen molar-refractivity contribution < 1.29 is 4.79 Å². The molecule has 0 unspecified atom stereocenters. The summed E-state index contributed by atoms with van der Waals surface area (Å²) in [4.78, 5) is 14.1. The molecule has 16 heavy (non-hydrogen) atoms. The number of amides is 1. The van der Waals surface area contributed by atoms with Crippen molar-refractivity contribution >= 4 is 5.91 Å². The summed E-state index contributed by atoms with van der Waals surface area (Å²) in [5.74, 6) is -0.0492. The predicted octanol–water partition coefficient (Wildman–Crippen LogP) is 2.96. The van der Waals surface area contributed by atoms with Crippen molar-refractivity contribution in [3.63, 3.8) is 0 Å². The lowest BCUT2D eigenvalue weighted by Crippen LogP contribution is -2.50. The minimum atomic E-state index is -0.846. The Morgan fingerprint density at radius 1 is 1.19 bits per heavy atom. The van der Waals surface area contributed by atoms with Crippen LogP contribution in [0, 0.1) is 16.7 Å². The number of carbonyl (C=O) groups excluding carboxylic acids is 1. The van der Waals surface area contributed by atoms with E-state index in [4.69, 9.17) is 0 Å². The molecule has 0 atom stereocenters. The second-order valence-corrected chi connectivity index (χ2v) is 4.93. The largest absolute Gasteiger partial charge is 0.339 e. The van der Waals surface area contributed by atoms with Crippen molar-refractivity contribution in [3.05, 3.63) is 0 Å². The van der Waals surface area contributed by atoms with Crippen molar-refractivity contribution in [1.82, 2.24) is 4.90 Å². The fourth-order valence-corrected chi connectivity index (χ4v) is 1.59. The van der Waals surface area contributed by atoms with Gasteiger partial charge in [0.2, 0.25) is 5.91 Å². The van der Waals surface area contributed by atoms with Crippen molar-refractivity contribution in [1.29, 1.82) is 5.26 Å². The Morgan fingerprint density at radius 3 is 1.88 bits per heavy atom. The van der Waals surface area contributed by atoms with Crippen LogP contribution in [0.15, 0.2) is 0 Å². The Labute approximate surface area is 99.4 Å². The standard InChI is InChI=1S/C13H24N2O/c1-7-12(4,5)15(6)11(16)13(8-2,9-3)10-14/h7-9H2,1-6H3. The van der Waals surface area contributed by atoms with Crippen LogP contribution in [-0.2, 0) is 4.79 Å². The third kappa shape index (κ3) is 2.55. The highest BCUT2D eigenvalue weighted by molar-refractivity contribution is 5.85. The Hall–Kier alpha value is -1.04. The van der Waals surface area contributed by atoms with Gasteiger partial charge >= 0.3 is 0 Å². The van der Waals surface area contributed by atoms with E-state index in [9.17, 15) is 10.1 Å².